The summed E-state index contributed by atoms with van der Waals surface area (Å²) in [6.07, 6.45) is 6.16. The highest BCUT2D eigenvalue weighted by molar-refractivity contribution is 5.91. The topological polar surface area (TPSA) is 127 Å². The number of amides is 4. The Labute approximate surface area is 267 Å². The molecule has 3 aliphatic heterocycles. The van der Waals surface area contributed by atoms with Crippen molar-refractivity contribution in [1.29, 1.82) is 0 Å². The molecule has 0 aliphatic carbocycles. The van der Waals surface area contributed by atoms with Crippen molar-refractivity contribution in [3.8, 4) is 0 Å². The Morgan fingerprint density at radius 2 is 1.70 bits per heavy atom. The Balaban J connectivity index is 0.999. The molecule has 0 radical (unpaired) electrons. The van der Waals surface area contributed by atoms with Crippen LogP contribution in [0.15, 0.2) is 73.2 Å². The fourth-order valence-corrected chi connectivity index (χ4v) is 6.75. The number of nitrogens with zero attached hydrogens (tertiary/aromatic N) is 6. The first-order valence-electron chi connectivity index (χ1n) is 16.0. The lowest BCUT2D eigenvalue weighted by Gasteiger charge is -2.39. The molecular formula is C34H38N8O4. The second-order valence-electron chi connectivity index (χ2n) is 12.1. The van der Waals surface area contributed by atoms with Crippen molar-refractivity contribution in [3.05, 3.63) is 84.3 Å². The van der Waals surface area contributed by atoms with Crippen LogP contribution in [0.1, 0.15) is 24.0 Å². The van der Waals surface area contributed by atoms with Crippen LogP contribution in [-0.4, -0.2) is 106 Å². The molecule has 4 aromatic rings. The van der Waals surface area contributed by atoms with E-state index in [9.17, 15) is 14.4 Å². The third kappa shape index (κ3) is 6.33. The molecule has 7 rings (SSSR count). The van der Waals surface area contributed by atoms with Gasteiger partial charge in [0.25, 0.3) is 5.91 Å². The number of hydrogen-bond acceptors (Lipinski definition) is 7. The number of urea groups is 1. The van der Waals surface area contributed by atoms with Crippen LogP contribution in [0.25, 0.3) is 10.9 Å². The maximum atomic E-state index is 13.9. The van der Waals surface area contributed by atoms with E-state index >= 15 is 0 Å². The Kier molecular flexibility index (Phi) is 8.41. The number of piperidine rings is 1. The van der Waals surface area contributed by atoms with Crippen molar-refractivity contribution in [1.82, 2.24) is 29.9 Å². The van der Waals surface area contributed by atoms with E-state index in [1.165, 1.54) is 0 Å². The second kappa shape index (κ2) is 13.1. The zero-order valence-corrected chi connectivity index (χ0v) is 25.7. The molecule has 0 bridgehead atoms. The second-order valence-corrected chi connectivity index (χ2v) is 12.1. The Hall–Kier alpha value is -5.13. The maximum Gasteiger partial charge on any atom is 0.410 e. The van der Waals surface area contributed by atoms with E-state index in [1.54, 1.807) is 28.4 Å². The highest BCUT2D eigenvalue weighted by atomic mass is 16.6. The highest BCUT2D eigenvalue weighted by Gasteiger charge is 2.35. The molecule has 0 spiro atoms. The third-order valence-corrected chi connectivity index (χ3v) is 9.37. The van der Waals surface area contributed by atoms with Gasteiger partial charge in [0.1, 0.15) is 0 Å². The number of anilines is 2. The molecule has 12 heteroatoms. The fraction of sp³-hybridized carbons (Fsp3) is 0.382. The summed E-state index contributed by atoms with van der Waals surface area (Å²) in [6, 6.07) is 17.6. The Bertz CT molecular complexity index is 1700. The summed E-state index contributed by atoms with van der Waals surface area (Å²) in [5, 5.41) is 11.0. The zero-order valence-electron chi connectivity index (χ0n) is 25.7. The van der Waals surface area contributed by atoms with E-state index < -0.39 is 12.2 Å². The summed E-state index contributed by atoms with van der Waals surface area (Å²) in [6.45, 7) is 3.95. The summed E-state index contributed by atoms with van der Waals surface area (Å²) >= 11 is 0. The standard InChI is InChI=1S/C34H38N8O4/c43-32(40-19-17-39(18-20-40)27-7-12-35-13-8-27)31(22-24-5-6-30-26(21-24)23-36-38-30)46-34(45)41-14-10-28(11-15-41)42-16-9-25-3-1-2-4-29(25)37-33(42)44/h1-8,12-13,21,23,28,31H,9-11,14-20,22H2,(H,36,38)(H,37,44). The van der Waals surface area contributed by atoms with Crippen LogP contribution in [0, 0.1) is 0 Å². The average molecular weight is 623 g/mol. The van der Waals surface area contributed by atoms with E-state index in [4.69, 9.17) is 4.74 Å². The van der Waals surface area contributed by atoms with E-state index in [0.29, 0.717) is 58.7 Å². The lowest BCUT2D eigenvalue weighted by Crippen LogP contribution is -2.54. The van der Waals surface area contributed by atoms with E-state index in [2.05, 4.69) is 25.4 Å². The number of carbonyl (C=O) groups is 3. The lowest BCUT2D eigenvalue weighted by atomic mass is 10.0. The zero-order chi connectivity index (χ0) is 31.5. The number of pyridine rings is 1. The number of para-hydroxylation sites is 1. The van der Waals surface area contributed by atoms with E-state index in [0.717, 1.165) is 39.8 Å². The van der Waals surface area contributed by atoms with Gasteiger partial charge in [-0.1, -0.05) is 24.3 Å². The number of benzene rings is 2. The smallest absolute Gasteiger partial charge is 0.410 e. The number of H-pyrrole nitrogens is 1. The molecule has 2 saturated heterocycles. The highest BCUT2D eigenvalue weighted by Crippen LogP contribution is 2.25. The first-order chi connectivity index (χ1) is 22.5. The summed E-state index contributed by atoms with van der Waals surface area (Å²) in [4.78, 5) is 52.2. The van der Waals surface area contributed by atoms with Gasteiger partial charge in [-0.2, -0.15) is 5.10 Å². The molecule has 46 heavy (non-hydrogen) atoms. The van der Waals surface area contributed by atoms with Crippen LogP contribution in [0.5, 0.6) is 0 Å². The van der Waals surface area contributed by atoms with Gasteiger partial charge in [-0.05, 0) is 60.7 Å². The predicted octanol–water partition coefficient (Wildman–Crippen LogP) is 3.91. The van der Waals surface area contributed by atoms with Crippen molar-refractivity contribution < 1.29 is 19.1 Å². The van der Waals surface area contributed by atoms with Gasteiger partial charge in [-0.25, -0.2) is 9.59 Å². The van der Waals surface area contributed by atoms with Crippen LogP contribution in [0.4, 0.5) is 21.0 Å². The summed E-state index contributed by atoms with van der Waals surface area (Å²) in [7, 11) is 0. The number of aromatic amines is 1. The summed E-state index contributed by atoms with van der Waals surface area (Å²) in [5.41, 5.74) is 4.85. The molecule has 4 amide bonds. The van der Waals surface area contributed by atoms with Gasteiger partial charge in [0.05, 0.1) is 11.7 Å². The number of rotatable bonds is 6. The minimum Gasteiger partial charge on any atom is -0.436 e. The number of nitrogens with one attached hydrogen (secondary N) is 2. The molecule has 2 aromatic heterocycles. The molecule has 2 fully saturated rings. The Morgan fingerprint density at radius 3 is 2.50 bits per heavy atom. The van der Waals surface area contributed by atoms with E-state index in [-0.39, 0.29) is 24.4 Å². The minimum absolute atomic E-state index is 0.0224. The van der Waals surface area contributed by atoms with Crippen LogP contribution in [-0.2, 0) is 22.4 Å². The van der Waals surface area contributed by atoms with Crippen LogP contribution < -0.4 is 10.2 Å². The SMILES string of the molecule is O=C(OC(Cc1ccc2[nH]ncc2c1)C(=O)N1CCN(c2ccncc2)CC1)N1CCC(N2CCc3ccccc3NC2=O)CC1. The molecule has 1 atom stereocenters. The maximum absolute atomic E-state index is 13.9. The van der Waals surface area contributed by atoms with Gasteiger partial charge < -0.3 is 29.7 Å². The van der Waals surface area contributed by atoms with Gasteiger partial charge >= 0.3 is 12.1 Å². The van der Waals surface area contributed by atoms with Crippen LogP contribution in [0.3, 0.4) is 0 Å². The third-order valence-electron chi connectivity index (χ3n) is 9.37. The van der Waals surface area contributed by atoms with Crippen LogP contribution in [0.2, 0.25) is 0 Å². The van der Waals surface area contributed by atoms with Gasteiger partial charge in [0.2, 0.25) is 0 Å². The normalized spacial score (nSPS) is 18.1. The molecule has 2 N–H and O–H groups in total. The molecule has 12 nitrogen and oxygen atoms in total. The van der Waals surface area contributed by atoms with Gasteiger partial charge in [-0.15, -0.1) is 0 Å². The van der Waals surface area contributed by atoms with Crippen molar-refractivity contribution >= 4 is 40.3 Å². The number of fused-ring (bicyclic) bond motifs is 2. The quantitative estimate of drug-likeness (QED) is 0.334. The molecular weight excluding hydrogens is 584 g/mol. The predicted molar refractivity (Wildman–Crippen MR) is 174 cm³/mol. The number of piperazine rings is 1. The van der Waals surface area contributed by atoms with Gasteiger partial charge in [0, 0.05) is 87.4 Å². The minimum atomic E-state index is -0.961. The number of ether oxygens (including phenoxy) is 1. The van der Waals surface area contributed by atoms with Crippen molar-refractivity contribution in [3.63, 3.8) is 0 Å². The summed E-state index contributed by atoms with van der Waals surface area (Å²) in [5.74, 6) is -0.189. The first kappa shape index (κ1) is 29.6. The number of carbonyl (C=O) groups excluding carboxylic acids is 3. The molecule has 5 heterocycles. The molecule has 0 saturated carbocycles. The van der Waals surface area contributed by atoms with Crippen LogP contribution >= 0.6 is 0 Å². The molecule has 238 valence electrons. The lowest BCUT2D eigenvalue weighted by molar-refractivity contribution is -0.141. The van der Waals surface area contributed by atoms with Crippen molar-refractivity contribution in [2.75, 3.05) is 56.0 Å². The van der Waals surface area contributed by atoms with Gasteiger partial charge in [-0.3, -0.25) is 14.9 Å². The fourth-order valence-electron chi connectivity index (χ4n) is 6.75. The first-order valence-corrected chi connectivity index (χ1v) is 16.0. The van der Waals surface area contributed by atoms with Crippen molar-refractivity contribution in [2.45, 2.75) is 37.8 Å². The largest absolute Gasteiger partial charge is 0.436 e. The molecule has 3 aliphatic rings. The van der Waals surface area contributed by atoms with E-state index in [1.807, 2.05) is 59.5 Å². The number of likely N-dealkylation sites (tertiary alicyclic amines) is 1. The van der Waals surface area contributed by atoms with Crippen molar-refractivity contribution in [2.24, 2.45) is 0 Å². The number of aromatic nitrogens is 3. The molecule has 1 unspecified atom stereocenters. The number of hydrogen-bond donors (Lipinski definition) is 2. The Morgan fingerprint density at radius 1 is 0.913 bits per heavy atom. The molecule has 2 aromatic carbocycles. The van der Waals surface area contributed by atoms with Gasteiger partial charge in [0.15, 0.2) is 6.10 Å². The average Bonchev–Trinajstić information content (AvgIpc) is 3.50. The monoisotopic (exact) mass is 622 g/mol. The summed E-state index contributed by atoms with van der Waals surface area (Å²) < 4.78 is 6.04.